The summed E-state index contributed by atoms with van der Waals surface area (Å²) in [5, 5.41) is 9.85. The number of rotatable bonds is 6. The van der Waals surface area contributed by atoms with Gasteiger partial charge in [0, 0.05) is 18.7 Å². The molecule has 29 heavy (non-hydrogen) atoms. The first kappa shape index (κ1) is 21.5. The van der Waals surface area contributed by atoms with Gasteiger partial charge in [0.05, 0.1) is 16.5 Å². The summed E-state index contributed by atoms with van der Waals surface area (Å²) in [6, 6.07) is 9.28. The van der Waals surface area contributed by atoms with Gasteiger partial charge in [0.2, 0.25) is 10.0 Å². The number of allylic oxidation sites excluding steroid dienone is 1. The van der Waals surface area contributed by atoms with E-state index in [9.17, 15) is 18.3 Å². The fourth-order valence-electron chi connectivity index (χ4n) is 3.16. The highest BCUT2D eigenvalue weighted by atomic mass is 79.9. The molecular formula is C21H22BrNO5S. The Morgan fingerprint density at radius 3 is 2.41 bits per heavy atom. The van der Waals surface area contributed by atoms with Crippen LogP contribution in [0.4, 0.5) is 0 Å². The minimum atomic E-state index is -3.52. The molecule has 1 fully saturated rings. The third-order valence-electron chi connectivity index (χ3n) is 4.79. The maximum atomic E-state index is 12.7. The summed E-state index contributed by atoms with van der Waals surface area (Å²) in [6.07, 6.45) is 5.80. The van der Waals surface area contributed by atoms with Gasteiger partial charge in [-0.25, -0.2) is 8.42 Å². The zero-order valence-electron chi connectivity index (χ0n) is 16.0. The number of sulfonamides is 1. The van der Waals surface area contributed by atoms with Gasteiger partial charge >= 0.3 is 0 Å². The zero-order valence-corrected chi connectivity index (χ0v) is 18.4. The predicted octanol–water partition coefficient (Wildman–Crippen LogP) is 4.23. The molecule has 1 saturated heterocycles. The number of ketones is 1. The average molecular weight is 480 g/mol. The van der Waals surface area contributed by atoms with Crippen molar-refractivity contribution < 1.29 is 23.1 Å². The van der Waals surface area contributed by atoms with E-state index < -0.39 is 10.0 Å². The van der Waals surface area contributed by atoms with Crippen molar-refractivity contribution in [2.45, 2.75) is 24.2 Å². The summed E-state index contributed by atoms with van der Waals surface area (Å²) in [5.41, 5.74) is 1.06. The van der Waals surface area contributed by atoms with Crippen LogP contribution in [0.25, 0.3) is 6.08 Å². The first-order chi connectivity index (χ1) is 13.8. The van der Waals surface area contributed by atoms with Gasteiger partial charge in [0.25, 0.3) is 0 Å². The molecule has 1 aliphatic heterocycles. The minimum absolute atomic E-state index is 0.0125. The van der Waals surface area contributed by atoms with E-state index in [2.05, 4.69) is 15.9 Å². The van der Waals surface area contributed by atoms with Gasteiger partial charge in [0.1, 0.15) is 0 Å². The normalized spacial score (nSPS) is 15.5. The molecular weight excluding hydrogens is 458 g/mol. The Morgan fingerprint density at radius 1 is 1.14 bits per heavy atom. The molecule has 154 valence electrons. The van der Waals surface area contributed by atoms with Crippen molar-refractivity contribution in [2.75, 3.05) is 20.2 Å². The molecule has 0 radical (unpaired) electrons. The Kier molecular flexibility index (Phi) is 6.77. The first-order valence-electron chi connectivity index (χ1n) is 9.22. The first-order valence-corrected chi connectivity index (χ1v) is 11.5. The topological polar surface area (TPSA) is 83.9 Å². The molecule has 0 aliphatic carbocycles. The Balaban J connectivity index is 1.75. The highest BCUT2D eigenvalue weighted by Gasteiger charge is 2.25. The number of hydrogen-bond acceptors (Lipinski definition) is 5. The molecule has 0 bridgehead atoms. The smallest absolute Gasteiger partial charge is 0.243 e. The van der Waals surface area contributed by atoms with Crippen LogP contribution in [0.15, 0.2) is 51.8 Å². The van der Waals surface area contributed by atoms with Crippen molar-refractivity contribution in [1.29, 1.82) is 0 Å². The van der Waals surface area contributed by atoms with Crippen LogP contribution in [0.5, 0.6) is 11.5 Å². The minimum Gasteiger partial charge on any atom is -0.503 e. The second-order valence-corrected chi connectivity index (χ2v) is 9.53. The number of phenolic OH excluding ortho intramolecular Hbond substituents is 1. The molecule has 2 aromatic rings. The van der Waals surface area contributed by atoms with Crippen LogP contribution in [-0.4, -0.2) is 43.8 Å². The van der Waals surface area contributed by atoms with Crippen molar-refractivity contribution in [3.8, 4) is 11.5 Å². The summed E-state index contributed by atoms with van der Waals surface area (Å²) in [6.45, 7) is 1.08. The van der Waals surface area contributed by atoms with Gasteiger partial charge in [-0.05, 0) is 76.8 Å². The van der Waals surface area contributed by atoms with E-state index in [0.717, 1.165) is 19.3 Å². The van der Waals surface area contributed by atoms with E-state index in [1.807, 2.05) is 0 Å². The molecule has 8 heteroatoms. The van der Waals surface area contributed by atoms with Crippen LogP contribution in [0.1, 0.15) is 35.2 Å². The lowest BCUT2D eigenvalue weighted by atomic mass is 10.1. The molecule has 0 saturated carbocycles. The molecule has 6 nitrogen and oxygen atoms in total. The molecule has 0 spiro atoms. The lowest BCUT2D eigenvalue weighted by Crippen LogP contribution is -2.35. The van der Waals surface area contributed by atoms with E-state index in [-0.39, 0.29) is 16.4 Å². The summed E-state index contributed by atoms with van der Waals surface area (Å²) >= 11 is 3.24. The number of carbonyl (C=O) groups is 1. The Morgan fingerprint density at radius 2 is 1.79 bits per heavy atom. The Bertz CT molecular complexity index is 1030. The lowest BCUT2D eigenvalue weighted by molar-refractivity contribution is 0.104. The predicted molar refractivity (Wildman–Crippen MR) is 115 cm³/mol. The van der Waals surface area contributed by atoms with Crippen LogP contribution in [0, 0.1) is 0 Å². The number of aromatic hydroxyl groups is 1. The largest absolute Gasteiger partial charge is 0.503 e. The fourth-order valence-corrected chi connectivity index (χ4v) is 5.14. The summed E-state index contributed by atoms with van der Waals surface area (Å²) in [5.74, 6) is 0.0234. The molecule has 0 amide bonds. The Labute approximate surface area is 179 Å². The highest BCUT2D eigenvalue weighted by Crippen LogP contribution is 2.35. The third kappa shape index (κ3) is 4.88. The number of hydrogen-bond donors (Lipinski definition) is 1. The highest BCUT2D eigenvalue weighted by molar-refractivity contribution is 9.10. The van der Waals surface area contributed by atoms with Crippen molar-refractivity contribution >= 4 is 37.8 Å². The monoisotopic (exact) mass is 479 g/mol. The van der Waals surface area contributed by atoms with Crippen LogP contribution in [-0.2, 0) is 10.0 Å². The van der Waals surface area contributed by atoms with Crippen molar-refractivity contribution in [3.63, 3.8) is 0 Å². The summed E-state index contributed by atoms with van der Waals surface area (Å²) in [7, 11) is -2.07. The maximum absolute atomic E-state index is 12.7. The number of carbonyl (C=O) groups excluding carboxylic acids is 1. The van der Waals surface area contributed by atoms with E-state index in [0.29, 0.717) is 34.4 Å². The average Bonchev–Trinajstić information content (AvgIpc) is 2.75. The lowest BCUT2D eigenvalue weighted by Gasteiger charge is -2.25. The number of ether oxygens (including phenoxy) is 1. The van der Waals surface area contributed by atoms with Crippen LogP contribution >= 0.6 is 15.9 Å². The molecule has 3 rings (SSSR count). The van der Waals surface area contributed by atoms with Crippen molar-refractivity contribution in [2.24, 2.45) is 0 Å². The SMILES string of the molecule is COc1cc(C=CC(=O)c2ccc(S(=O)(=O)N3CCCCC3)cc2)cc(Br)c1O. The molecule has 0 unspecified atom stereocenters. The van der Waals surface area contributed by atoms with Gasteiger partial charge in [-0.2, -0.15) is 4.31 Å². The maximum Gasteiger partial charge on any atom is 0.243 e. The van der Waals surface area contributed by atoms with Crippen LogP contribution in [0.2, 0.25) is 0 Å². The number of piperidine rings is 1. The third-order valence-corrected chi connectivity index (χ3v) is 7.31. The molecule has 0 atom stereocenters. The van der Waals surface area contributed by atoms with Crippen LogP contribution in [0.3, 0.4) is 0 Å². The number of halogens is 1. The van der Waals surface area contributed by atoms with Crippen molar-refractivity contribution in [3.05, 3.63) is 58.1 Å². The molecule has 1 N–H and O–H groups in total. The van der Waals surface area contributed by atoms with Crippen LogP contribution < -0.4 is 4.74 Å². The van der Waals surface area contributed by atoms with E-state index in [1.165, 1.54) is 41.8 Å². The van der Waals surface area contributed by atoms with Gasteiger partial charge in [-0.15, -0.1) is 0 Å². The number of phenols is 1. The molecule has 0 aromatic heterocycles. The molecule has 2 aromatic carbocycles. The van der Waals surface area contributed by atoms with Gasteiger partial charge in [-0.3, -0.25) is 4.79 Å². The van der Waals surface area contributed by atoms with E-state index in [4.69, 9.17) is 4.74 Å². The number of methoxy groups -OCH3 is 1. The fraction of sp³-hybridized carbons (Fsp3) is 0.286. The zero-order chi connectivity index (χ0) is 21.0. The van der Waals surface area contributed by atoms with Gasteiger partial charge in [-0.1, -0.05) is 12.5 Å². The standard InChI is InChI=1S/C21H22BrNO5S/c1-28-20-14-15(13-18(22)21(20)25)5-10-19(24)16-6-8-17(9-7-16)29(26,27)23-11-3-2-4-12-23/h5-10,13-14,25H,2-4,11-12H2,1H3. The second kappa shape index (κ2) is 9.11. The van der Waals surface area contributed by atoms with Gasteiger partial charge in [0.15, 0.2) is 17.3 Å². The summed E-state index contributed by atoms with van der Waals surface area (Å²) < 4.78 is 32.4. The molecule has 1 heterocycles. The molecule has 1 aliphatic rings. The number of benzene rings is 2. The quantitative estimate of drug-likeness (QED) is 0.494. The summed E-state index contributed by atoms with van der Waals surface area (Å²) in [4.78, 5) is 12.6. The number of nitrogens with zero attached hydrogens (tertiary/aromatic N) is 1. The second-order valence-electron chi connectivity index (χ2n) is 6.74. The van der Waals surface area contributed by atoms with Crippen molar-refractivity contribution in [1.82, 2.24) is 4.31 Å². The van der Waals surface area contributed by atoms with E-state index in [1.54, 1.807) is 18.2 Å². The van der Waals surface area contributed by atoms with Gasteiger partial charge < -0.3 is 9.84 Å². The Hall–Kier alpha value is -2.16. The van der Waals surface area contributed by atoms with E-state index >= 15 is 0 Å².